The van der Waals surface area contributed by atoms with E-state index in [0.717, 1.165) is 28.3 Å². The lowest BCUT2D eigenvalue weighted by Crippen LogP contribution is -2.32. The predicted molar refractivity (Wildman–Crippen MR) is 113 cm³/mol. The molecule has 0 radical (unpaired) electrons. The Labute approximate surface area is 174 Å². The number of halogens is 1. The SMILES string of the molecule is Cc1ccc(-c2ccc(C3C(c4ccccn4)NC(=S)N3CCO)o2)cc1Cl. The lowest BCUT2D eigenvalue weighted by atomic mass is 10.0. The summed E-state index contributed by atoms with van der Waals surface area (Å²) in [5, 5.41) is 14.1. The number of aliphatic hydroxyl groups excluding tert-OH is 1. The highest BCUT2D eigenvalue weighted by atomic mass is 35.5. The van der Waals surface area contributed by atoms with Crippen LogP contribution in [0.5, 0.6) is 0 Å². The zero-order valence-corrected chi connectivity index (χ0v) is 16.9. The van der Waals surface area contributed by atoms with Crippen LogP contribution in [0.2, 0.25) is 5.02 Å². The number of β-amino-alcohol motifs (C(OH)–C–C–N with tert-alkyl or cyclic N) is 1. The Morgan fingerprint density at radius 3 is 2.82 bits per heavy atom. The second-order valence-electron chi connectivity index (χ2n) is 6.71. The third kappa shape index (κ3) is 3.51. The Balaban J connectivity index is 1.72. The lowest BCUT2D eigenvalue weighted by Gasteiger charge is -2.25. The van der Waals surface area contributed by atoms with Gasteiger partial charge in [0.1, 0.15) is 17.6 Å². The number of furan rings is 1. The van der Waals surface area contributed by atoms with Crippen molar-refractivity contribution in [1.29, 1.82) is 0 Å². The van der Waals surface area contributed by atoms with Crippen molar-refractivity contribution in [1.82, 2.24) is 15.2 Å². The molecule has 1 fully saturated rings. The van der Waals surface area contributed by atoms with E-state index in [1.165, 1.54) is 0 Å². The van der Waals surface area contributed by atoms with E-state index in [2.05, 4.69) is 10.3 Å². The van der Waals surface area contributed by atoms with Crippen LogP contribution in [0, 0.1) is 6.92 Å². The Morgan fingerprint density at radius 2 is 2.11 bits per heavy atom. The number of aryl methyl sites for hydroxylation is 1. The van der Waals surface area contributed by atoms with Crippen molar-refractivity contribution < 1.29 is 9.52 Å². The van der Waals surface area contributed by atoms with Gasteiger partial charge in [0.05, 0.1) is 18.3 Å². The van der Waals surface area contributed by atoms with Crippen LogP contribution in [0.3, 0.4) is 0 Å². The number of rotatable bonds is 5. The van der Waals surface area contributed by atoms with E-state index in [1.807, 2.05) is 60.4 Å². The number of benzene rings is 1. The Kier molecular flexibility index (Phi) is 5.35. The second-order valence-corrected chi connectivity index (χ2v) is 7.50. The first-order valence-electron chi connectivity index (χ1n) is 9.03. The molecule has 1 saturated heterocycles. The Bertz CT molecular complexity index is 992. The maximum atomic E-state index is 9.52. The molecule has 144 valence electrons. The van der Waals surface area contributed by atoms with Crippen LogP contribution in [0.15, 0.2) is 59.1 Å². The van der Waals surface area contributed by atoms with Crippen LogP contribution < -0.4 is 5.32 Å². The molecule has 0 bridgehead atoms. The number of hydrogen-bond donors (Lipinski definition) is 2. The van der Waals surface area contributed by atoms with Gasteiger partial charge < -0.3 is 19.7 Å². The highest BCUT2D eigenvalue weighted by molar-refractivity contribution is 7.80. The molecule has 2 N–H and O–H groups in total. The van der Waals surface area contributed by atoms with Crippen molar-refractivity contribution in [3.8, 4) is 11.3 Å². The molecule has 4 rings (SSSR count). The van der Waals surface area contributed by atoms with Crippen molar-refractivity contribution >= 4 is 28.9 Å². The van der Waals surface area contributed by atoms with E-state index in [0.29, 0.717) is 16.7 Å². The first kappa shape index (κ1) is 18.9. The Hall–Kier alpha value is -2.41. The number of hydrogen-bond acceptors (Lipinski definition) is 4. The molecule has 1 aliphatic heterocycles. The van der Waals surface area contributed by atoms with Gasteiger partial charge in [0.15, 0.2) is 5.11 Å². The minimum absolute atomic E-state index is 0.00556. The van der Waals surface area contributed by atoms with Gasteiger partial charge in [-0.25, -0.2) is 0 Å². The number of aromatic nitrogens is 1. The van der Waals surface area contributed by atoms with Gasteiger partial charge in [-0.1, -0.05) is 29.8 Å². The summed E-state index contributed by atoms with van der Waals surface area (Å²) in [6.45, 7) is 2.37. The molecule has 3 heterocycles. The van der Waals surface area contributed by atoms with Crippen LogP contribution in [0.25, 0.3) is 11.3 Å². The topological polar surface area (TPSA) is 61.5 Å². The summed E-state index contributed by atoms with van der Waals surface area (Å²) in [6.07, 6.45) is 1.76. The van der Waals surface area contributed by atoms with Crippen molar-refractivity contribution in [2.75, 3.05) is 13.2 Å². The fraction of sp³-hybridized carbons (Fsp3) is 0.238. The van der Waals surface area contributed by atoms with E-state index in [9.17, 15) is 5.11 Å². The molecular formula is C21H20ClN3O2S. The molecule has 28 heavy (non-hydrogen) atoms. The number of pyridine rings is 1. The third-order valence-corrected chi connectivity index (χ3v) is 5.67. The number of aliphatic hydroxyl groups is 1. The zero-order chi connectivity index (χ0) is 19.7. The normalized spacial score (nSPS) is 19.1. The number of nitrogens with zero attached hydrogens (tertiary/aromatic N) is 2. The highest BCUT2D eigenvalue weighted by Crippen LogP contribution is 2.40. The maximum absolute atomic E-state index is 9.52. The zero-order valence-electron chi connectivity index (χ0n) is 15.3. The standard InChI is InChI=1S/C21H20ClN3O2S/c1-13-5-6-14(12-15(13)22)17-7-8-18(27-17)20-19(16-4-2-3-9-23-16)24-21(28)25(20)10-11-26/h2-9,12,19-20,26H,10-11H2,1H3,(H,24,28). The fourth-order valence-corrected chi connectivity index (χ4v) is 3.99. The van der Waals surface area contributed by atoms with E-state index < -0.39 is 0 Å². The van der Waals surface area contributed by atoms with Crippen molar-refractivity contribution in [2.24, 2.45) is 0 Å². The molecule has 1 aromatic carbocycles. The minimum Gasteiger partial charge on any atom is -0.459 e. The number of thiocarbonyl (C=S) groups is 1. The number of nitrogens with one attached hydrogen (secondary N) is 1. The van der Waals surface area contributed by atoms with Crippen molar-refractivity contribution in [3.05, 3.63) is 76.8 Å². The molecule has 3 aromatic rings. The summed E-state index contributed by atoms with van der Waals surface area (Å²) < 4.78 is 6.22. The third-order valence-electron chi connectivity index (χ3n) is 4.91. The van der Waals surface area contributed by atoms with Crippen LogP contribution in [-0.2, 0) is 0 Å². The quantitative estimate of drug-likeness (QED) is 0.609. The minimum atomic E-state index is -0.204. The van der Waals surface area contributed by atoms with E-state index in [1.54, 1.807) is 6.20 Å². The molecule has 2 aromatic heterocycles. The van der Waals surface area contributed by atoms with E-state index in [-0.39, 0.29) is 18.7 Å². The summed E-state index contributed by atoms with van der Waals surface area (Å²) in [5.41, 5.74) is 2.80. The predicted octanol–water partition coefficient (Wildman–Crippen LogP) is 4.27. The molecule has 0 spiro atoms. The molecular weight excluding hydrogens is 394 g/mol. The summed E-state index contributed by atoms with van der Waals surface area (Å²) in [6, 6.07) is 15.2. The van der Waals surface area contributed by atoms with Gasteiger partial charge in [-0.05, 0) is 55.0 Å². The highest BCUT2D eigenvalue weighted by Gasteiger charge is 2.41. The van der Waals surface area contributed by atoms with Crippen LogP contribution in [-0.4, -0.2) is 33.3 Å². The average Bonchev–Trinajstić information content (AvgIpc) is 3.30. The smallest absolute Gasteiger partial charge is 0.170 e. The molecule has 2 unspecified atom stereocenters. The lowest BCUT2D eigenvalue weighted by molar-refractivity contribution is 0.209. The van der Waals surface area contributed by atoms with Gasteiger partial charge in [0.2, 0.25) is 0 Å². The largest absolute Gasteiger partial charge is 0.459 e. The van der Waals surface area contributed by atoms with Gasteiger partial charge >= 0.3 is 0 Å². The van der Waals surface area contributed by atoms with Crippen molar-refractivity contribution in [2.45, 2.75) is 19.0 Å². The van der Waals surface area contributed by atoms with Crippen LogP contribution >= 0.6 is 23.8 Å². The van der Waals surface area contributed by atoms with Crippen LogP contribution in [0.1, 0.15) is 29.1 Å². The fourth-order valence-electron chi connectivity index (χ4n) is 3.48. The van der Waals surface area contributed by atoms with Gasteiger partial charge in [-0.15, -0.1) is 0 Å². The maximum Gasteiger partial charge on any atom is 0.170 e. The van der Waals surface area contributed by atoms with Gasteiger partial charge in [0, 0.05) is 23.3 Å². The summed E-state index contributed by atoms with van der Waals surface area (Å²) in [7, 11) is 0. The summed E-state index contributed by atoms with van der Waals surface area (Å²) in [4.78, 5) is 6.43. The van der Waals surface area contributed by atoms with Gasteiger partial charge in [-0.3, -0.25) is 4.98 Å². The molecule has 1 aliphatic rings. The first-order valence-corrected chi connectivity index (χ1v) is 9.82. The average molecular weight is 414 g/mol. The first-order chi connectivity index (χ1) is 13.6. The van der Waals surface area contributed by atoms with Crippen LogP contribution in [0.4, 0.5) is 0 Å². The van der Waals surface area contributed by atoms with Gasteiger partial charge in [-0.2, -0.15) is 0 Å². The molecule has 7 heteroatoms. The molecule has 5 nitrogen and oxygen atoms in total. The monoisotopic (exact) mass is 413 g/mol. The second kappa shape index (κ2) is 7.91. The summed E-state index contributed by atoms with van der Waals surface area (Å²) in [5.74, 6) is 1.49. The molecule has 0 aliphatic carbocycles. The molecule has 2 atom stereocenters. The van der Waals surface area contributed by atoms with E-state index in [4.69, 9.17) is 28.2 Å². The molecule has 0 amide bonds. The summed E-state index contributed by atoms with van der Waals surface area (Å²) >= 11 is 11.8. The molecule has 0 saturated carbocycles. The van der Waals surface area contributed by atoms with Gasteiger partial charge in [0.25, 0.3) is 0 Å². The van der Waals surface area contributed by atoms with E-state index >= 15 is 0 Å². The Morgan fingerprint density at radius 1 is 1.25 bits per heavy atom. The van der Waals surface area contributed by atoms with Crippen molar-refractivity contribution in [3.63, 3.8) is 0 Å².